The van der Waals surface area contributed by atoms with Crippen molar-refractivity contribution in [3.8, 4) is 5.75 Å². The molecule has 1 aromatic carbocycles. The number of nitrogens with zero attached hydrogens (tertiary/aromatic N) is 1. The minimum absolute atomic E-state index is 0.119. The number of carbonyl (C=O) groups excluding carboxylic acids is 5. The summed E-state index contributed by atoms with van der Waals surface area (Å²) in [6.07, 6.45) is 1.92. The molecule has 4 amide bonds. The largest absolute Gasteiger partial charge is 0.508 e. The van der Waals surface area contributed by atoms with Gasteiger partial charge in [0.1, 0.15) is 30.0 Å². The Labute approximate surface area is 229 Å². The molecule has 12 nitrogen and oxygen atoms in total. The highest BCUT2D eigenvalue weighted by Crippen LogP contribution is 2.27. The van der Waals surface area contributed by atoms with Crippen LogP contribution in [0.3, 0.4) is 0 Å². The van der Waals surface area contributed by atoms with Gasteiger partial charge in [0.25, 0.3) is 0 Å². The van der Waals surface area contributed by atoms with E-state index in [1.54, 1.807) is 26.8 Å². The van der Waals surface area contributed by atoms with E-state index in [0.29, 0.717) is 6.42 Å². The van der Waals surface area contributed by atoms with Crippen molar-refractivity contribution in [3.05, 3.63) is 29.8 Å². The average Bonchev–Trinajstić information content (AvgIpc) is 2.85. The van der Waals surface area contributed by atoms with Gasteiger partial charge in [0.2, 0.25) is 17.7 Å². The number of benzene rings is 1. The number of ether oxygens (including phenoxy) is 2. The van der Waals surface area contributed by atoms with E-state index in [1.165, 1.54) is 30.2 Å². The standard InChI is InChI=1S/C27H42N4O8/c1-6-7-8-9-15-31(25(36)20(13-14-21(28)33)30-26(37)39-27(2,3)4)23(18-11-10-12-19(32)16-18)24(35)29-17-22(34)38-5/h10-12,16,20,23,32H,6-9,13-15,17H2,1-5H3,(H2,28,33)(H,29,35)(H,30,37). The van der Waals surface area contributed by atoms with Crippen molar-refractivity contribution in [2.75, 3.05) is 20.2 Å². The van der Waals surface area contributed by atoms with Crippen LogP contribution in [-0.4, -0.2) is 71.6 Å². The molecule has 2 unspecified atom stereocenters. The molecule has 0 saturated carbocycles. The smallest absolute Gasteiger partial charge is 0.408 e. The fourth-order valence-corrected chi connectivity index (χ4v) is 3.77. The molecular formula is C27H42N4O8. The molecule has 12 heteroatoms. The van der Waals surface area contributed by atoms with Crippen LogP contribution >= 0.6 is 0 Å². The lowest BCUT2D eigenvalue weighted by molar-refractivity contribution is -0.145. The summed E-state index contributed by atoms with van der Waals surface area (Å²) in [6.45, 7) is 6.70. The van der Waals surface area contributed by atoms with Gasteiger partial charge in [-0.3, -0.25) is 19.2 Å². The Hall–Kier alpha value is -3.83. The van der Waals surface area contributed by atoms with Gasteiger partial charge >= 0.3 is 12.1 Å². The van der Waals surface area contributed by atoms with Crippen LogP contribution in [0.15, 0.2) is 24.3 Å². The topological polar surface area (TPSA) is 177 Å². The first-order valence-corrected chi connectivity index (χ1v) is 13.0. The van der Waals surface area contributed by atoms with E-state index in [2.05, 4.69) is 15.4 Å². The van der Waals surface area contributed by atoms with Gasteiger partial charge < -0.3 is 35.8 Å². The minimum Gasteiger partial charge on any atom is -0.508 e. The summed E-state index contributed by atoms with van der Waals surface area (Å²) in [7, 11) is 1.18. The SMILES string of the molecule is CCCCCCN(C(=O)C(CCC(N)=O)NC(=O)OC(C)(C)C)C(C(=O)NCC(=O)OC)c1cccc(O)c1. The molecule has 0 aliphatic rings. The third-order valence-corrected chi connectivity index (χ3v) is 5.58. The van der Waals surface area contributed by atoms with Gasteiger partial charge in [-0.05, 0) is 51.3 Å². The van der Waals surface area contributed by atoms with E-state index < -0.39 is 54.0 Å². The third-order valence-electron chi connectivity index (χ3n) is 5.58. The number of amides is 4. The molecule has 0 bridgehead atoms. The fourth-order valence-electron chi connectivity index (χ4n) is 3.77. The number of alkyl carbamates (subject to hydrolysis) is 1. The molecule has 0 radical (unpaired) electrons. The zero-order chi connectivity index (χ0) is 29.6. The molecule has 0 saturated heterocycles. The van der Waals surface area contributed by atoms with Crippen LogP contribution in [0, 0.1) is 0 Å². The lowest BCUT2D eigenvalue weighted by atomic mass is 10.0. The molecule has 39 heavy (non-hydrogen) atoms. The van der Waals surface area contributed by atoms with Crippen LogP contribution in [-0.2, 0) is 28.7 Å². The second-order valence-corrected chi connectivity index (χ2v) is 10.1. The summed E-state index contributed by atoms with van der Waals surface area (Å²) >= 11 is 0. The first kappa shape index (κ1) is 33.2. The monoisotopic (exact) mass is 550 g/mol. The normalized spacial score (nSPS) is 12.5. The first-order chi connectivity index (χ1) is 18.3. The van der Waals surface area contributed by atoms with E-state index in [9.17, 15) is 29.1 Å². The Morgan fingerprint density at radius 1 is 1.10 bits per heavy atom. The Balaban J connectivity index is 3.50. The third kappa shape index (κ3) is 12.5. The van der Waals surface area contributed by atoms with Gasteiger partial charge in [-0.2, -0.15) is 0 Å². The van der Waals surface area contributed by atoms with Crippen molar-refractivity contribution < 1.29 is 38.6 Å². The summed E-state index contributed by atoms with van der Waals surface area (Å²) in [6, 6.07) is 3.33. The quantitative estimate of drug-likeness (QED) is 0.190. The molecule has 0 aromatic heterocycles. The predicted molar refractivity (Wildman–Crippen MR) is 143 cm³/mol. The van der Waals surface area contributed by atoms with Crippen molar-refractivity contribution in [2.45, 2.75) is 83.9 Å². The minimum atomic E-state index is -1.27. The summed E-state index contributed by atoms with van der Waals surface area (Å²) < 4.78 is 9.90. The van der Waals surface area contributed by atoms with Crippen molar-refractivity contribution >= 4 is 29.8 Å². The number of methoxy groups -OCH3 is 1. The number of rotatable bonds is 15. The van der Waals surface area contributed by atoms with Crippen LogP contribution in [0.1, 0.15) is 77.8 Å². The fraction of sp³-hybridized carbons (Fsp3) is 0.593. The molecule has 218 valence electrons. The number of hydrogen-bond donors (Lipinski definition) is 4. The molecule has 0 spiro atoms. The maximum absolute atomic E-state index is 14.0. The summed E-state index contributed by atoms with van der Waals surface area (Å²) in [5, 5.41) is 15.1. The molecule has 0 heterocycles. The number of unbranched alkanes of at least 4 members (excludes halogenated alkanes) is 3. The van der Waals surface area contributed by atoms with Crippen molar-refractivity contribution in [3.63, 3.8) is 0 Å². The lowest BCUT2D eigenvalue weighted by Crippen LogP contribution is -2.53. The van der Waals surface area contributed by atoms with E-state index in [-0.39, 0.29) is 30.7 Å². The maximum atomic E-state index is 14.0. The number of hydrogen-bond acceptors (Lipinski definition) is 8. The van der Waals surface area contributed by atoms with Crippen LogP contribution in [0.25, 0.3) is 0 Å². The number of phenols is 1. The Bertz CT molecular complexity index is 992. The van der Waals surface area contributed by atoms with Crippen LogP contribution in [0.5, 0.6) is 5.75 Å². The van der Waals surface area contributed by atoms with Gasteiger partial charge in [0.15, 0.2) is 0 Å². The van der Waals surface area contributed by atoms with Gasteiger partial charge in [-0.15, -0.1) is 0 Å². The van der Waals surface area contributed by atoms with Gasteiger partial charge in [-0.1, -0.05) is 38.3 Å². The number of primary amides is 1. The van der Waals surface area contributed by atoms with Gasteiger partial charge in [0, 0.05) is 13.0 Å². The van der Waals surface area contributed by atoms with Gasteiger partial charge in [0.05, 0.1) is 7.11 Å². The molecule has 5 N–H and O–H groups in total. The van der Waals surface area contributed by atoms with Crippen LogP contribution in [0.2, 0.25) is 0 Å². The molecule has 0 fully saturated rings. The van der Waals surface area contributed by atoms with E-state index >= 15 is 0 Å². The number of carbonyl (C=O) groups is 5. The number of nitrogens with two attached hydrogens (primary N) is 1. The predicted octanol–water partition coefficient (Wildman–Crippen LogP) is 2.29. The highest BCUT2D eigenvalue weighted by atomic mass is 16.6. The summed E-state index contributed by atoms with van der Waals surface area (Å²) in [5.74, 6) is -2.84. The Morgan fingerprint density at radius 3 is 2.36 bits per heavy atom. The van der Waals surface area contributed by atoms with Gasteiger partial charge in [-0.25, -0.2) is 4.79 Å². The first-order valence-electron chi connectivity index (χ1n) is 13.0. The molecule has 0 aliphatic carbocycles. The number of nitrogens with one attached hydrogen (secondary N) is 2. The molecular weight excluding hydrogens is 508 g/mol. The van der Waals surface area contributed by atoms with E-state index in [1.807, 2.05) is 6.92 Å². The second-order valence-electron chi connectivity index (χ2n) is 10.1. The molecule has 1 rings (SSSR count). The number of phenolic OH excluding ortho intramolecular Hbond substituents is 1. The summed E-state index contributed by atoms with van der Waals surface area (Å²) in [5.41, 5.74) is 4.75. The Morgan fingerprint density at radius 2 is 1.79 bits per heavy atom. The summed E-state index contributed by atoms with van der Waals surface area (Å²) in [4.78, 5) is 64.5. The molecule has 1 aromatic rings. The molecule has 0 aliphatic heterocycles. The number of esters is 1. The van der Waals surface area contributed by atoms with Crippen molar-refractivity contribution in [1.82, 2.24) is 15.5 Å². The average molecular weight is 551 g/mol. The van der Waals surface area contributed by atoms with Crippen LogP contribution < -0.4 is 16.4 Å². The zero-order valence-electron chi connectivity index (χ0n) is 23.5. The van der Waals surface area contributed by atoms with E-state index in [4.69, 9.17) is 10.5 Å². The highest BCUT2D eigenvalue weighted by molar-refractivity contribution is 5.93. The maximum Gasteiger partial charge on any atom is 0.408 e. The van der Waals surface area contributed by atoms with Crippen molar-refractivity contribution in [1.29, 1.82) is 0 Å². The van der Waals surface area contributed by atoms with E-state index in [0.717, 1.165) is 19.3 Å². The Kier molecular flexibility index (Phi) is 13.8. The zero-order valence-corrected chi connectivity index (χ0v) is 23.5. The lowest BCUT2D eigenvalue weighted by Gasteiger charge is -2.34. The molecule has 2 atom stereocenters. The van der Waals surface area contributed by atoms with Crippen molar-refractivity contribution in [2.24, 2.45) is 5.73 Å². The number of aromatic hydroxyl groups is 1. The van der Waals surface area contributed by atoms with Crippen LogP contribution in [0.4, 0.5) is 4.79 Å². The highest BCUT2D eigenvalue weighted by Gasteiger charge is 2.36. The second kappa shape index (κ2) is 16.2.